The first kappa shape index (κ1) is 17.7. The third kappa shape index (κ3) is 2.55. The average Bonchev–Trinajstić information content (AvgIpc) is 2.80. The molecule has 2 rings (SSSR count). The number of hydrogen-bond donors (Lipinski definition) is 0. The minimum Gasteiger partial charge on any atom is -0.466 e. The van der Waals surface area contributed by atoms with E-state index in [0.717, 1.165) is 14.2 Å². The Hall–Kier alpha value is -2.70. The summed E-state index contributed by atoms with van der Waals surface area (Å²) in [6.07, 6.45) is 4.20. The molecule has 0 saturated carbocycles. The van der Waals surface area contributed by atoms with Crippen LogP contribution in [0.1, 0.15) is 20.8 Å². The largest absolute Gasteiger partial charge is 0.466 e. The van der Waals surface area contributed by atoms with Crippen molar-refractivity contribution in [3.05, 3.63) is 34.9 Å². The van der Waals surface area contributed by atoms with Crippen molar-refractivity contribution >= 4 is 23.7 Å². The fourth-order valence-corrected chi connectivity index (χ4v) is 2.52. The Labute approximate surface area is 138 Å². The van der Waals surface area contributed by atoms with Crippen molar-refractivity contribution < 1.29 is 33.4 Å². The van der Waals surface area contributed by atoms with E-state index in [2.05, 4.69) is 9.47 Å². The second-order valence-corrected chi connectivity index (χ2v) is 6.41. The molecular formula is C17H18O7. The number of hydrogen-bond acceptors (Lipinski definition) is 7. The zero-order valence-corrected chi connectivity index (χ0v) is 14.1. The van der Waals surface area contributed by atoms with Gasteiger partial charge in [0.25, 0.3) is 0 Å². The number of ether oxygens (including phenoxy) is 3. The van der Waals surface area contributed by atoms with Crippen LogP contribution in [0.25, 0.3) is 0 Å². The molecule has 1 spiro atoms. The topological polar surface area (TPSA) is 96.0 Å². The fraction of sp³-hybridized carbons (Fsp3) is 0.412. The lowest BCUT2D eigenvalue weighted by molar-refractivity contribution is -0.153. The van der Waals surface area contributed by atoms with Gasteiger partial charge in [0, 0.05) is 0 Å². The molecule has 24 heavy (non-hydrogen) atoms. The number of carbonyl (C=O) groups excluding carboxylic acids is 4. The Kier molecular flexibility index (Phi) is 4.22. The van der Waals surface area contributed by atoms with Crippen LogP contribution in [0, 0.1) is 5.41 Å². The second-order valence-electron chi connectivity index (χ2n) is 6.41. The van der Waals surface area contributed by atoms with Crippen molar-refractivity contribution in [3.63, 3.8) is 0 Å². The van der Waals surface area contributed by atoms with Crippen molar-refractivity contribution in [1.29, 1.82) is 0 Å². The third-order valence-electron chi connectivity index (χ3n) is 3.87. The minimum atomic E-state index is -2.00. The number of ketones is 1. The first-order chi connectivity index (χ1) is 11.1. The molecular weight excluding hydrogens is 316 g/mol. The van der Waals surface area contributed by atoms with E-state index in [1.807, 2.05) is 20.8 Å². The quantitative estimate of drug-likeness (QED) is 0.423. The van der Waals surface area contributed by atoms with Crippen molar-refractivity contribution in [1.82, 2.24) is 0 Å². The standard InChI is InChI=1S/C17H18O7/c1-16(2,3)9-6-7-17(10(18)8-9)12(15(21)23-5)11(13(19)22-4)14(20)24-17/h6-8H,1-5H3. The van der Waals surface area contributed by atoms with Crippen molar-refractivity contribution in [2.45, 2.75) is 26.4 Å². The molecule has 7 nitrogen and oxygen atoms in total. The van der Waals surface area contributed by atoms with Crippen LogP contribution < -0.4 is 0 Å². The Morgan fingerprint density at radius 2 is 1.67 bits per heavy atom. The molecule has 0 aromatic carbocycles. The van der Waals surface area contributed by atoms with Crippen molar-refractivity contribution in [2.75, 3.05) is 14.2 Å². The van der Waals surface area contributed by atoms with E-state index in [0.29, 0.717) is 5.57 Å². The molecule has 7 heteroatoms. The number of esters is 3. The second kappa shape index (κ2) is 5.74. The molecule has 1 unspecified atom stereocenters. The molecule has 1 heterocycles. The van der Waals surface area contributed by atoms with Gasteiger partial charge in [0.1, 0.15) is 5.57 Å². The maximum atomic E-state index is 12.7. The molecule has 1 aliphatic heterocycles. The van der Waals surface area contributed by atoms with Crippen LogP contribution >= 0.6 is 0 Å². The van der Waals surface area contributed by atoms with E-state index >= 15 is 0 Å². The highest BCUT2D eigenvalue weighted by Gasteiger charge is 2.57. The normalized spacial score (nSPS) is 23.3. The lowest BCUT2D eigenvalue weighted by Gasteiger charge is -2.30. The van der Waals surface area contributed by atoms with Gasteiger partial charge < -0.3 is 14.2 Å². The predicted octanol–water partition coefficient (Wildman–Crippen LogP) is 1.04. The summed E-state index contributed by atoms with van der Waals surface area (Å²) in [6, 6.07) is 0. The maximum absolute atomic E-state index is 12.7. The number of rotatable bonds is 2. The summed E-state index contributed by atoms with van der Waals surface area (Å²) in [7, 11) is 2.13. The van der Waals surface area contributed by atoms with E-state index in [-0.39, 0.29) is 5.41 Å². The van der Waals surface area contributed by atoms with E-state index in [9.17, 15) is 19.2 Å². The molecule has 1 atom stereocenters. The van der Waals surface area contributed by atoms with Crippen LogP contribution in [-0.4, -0.2) is 43.5 Å². The van der Waals surface area contributed by atoms with E-state index in [4.69, 9.17) is 4.74 Å². The highest BCUT2D eigenvalue weighted by molar-refractivity contribution is 6.26. The van der Waals surface area contributed by atoms with Crippen LogP contribution in [0.15, 0.2) is 34.9 Å². The Morgan fingerprint density at radius 1 is 1.08 bits per heavy atom. The van der Waals surface area contributed by atoms with Gasteiger partial charge in [0.2, 0.25) is 11.4 Å². The van der Waals surface area contributed by atoms with Crippen LogP contribution in [-0.2, 0) is 33.4 Å². The molecule has 0 bridgehead atoms. The van der Waals surface area contributed by atoms with E-state index in [1.54, 1.807) is 6.08 Å². The van der Waals surface area contributed by atoms with Gasteiger partial charge in [-0.15, -0.1) is 0 Å². The summed E-state index contributed by atoms with van der Waals surface area (Å²) in [6.45, 7) is 5.73. The monoisotopic (exact) mass is 334 g/mol. The Balaban J connectivity index is 2.65. The van der Waals surface area contributed by atoms with Gasteiger partial charge in [-0.2, -0.15) is 0 Å². The third-order valence-corrected chi connectivity index (χ3v) is 3.87. The number of methoxy groups -OCH3 is 2. The van der Waals surface area contributed by atoms with Gasteiger partial charge in [0.15, 0.2) is 5.57 Å². The smallest absolute Gasteiger partial charge is 0.348 e. The lowest BCUT2D eigenvalue weighted by Crippen LogP contribution is -2.43. The van der Waals surface area contributed by atoms with Crippen molar-refractivity contribution in [2.24, 2.45) is 5.41 Å². The number of carbonyl (C=O) groups is 4. The number of allylic oxidation sites excluding steroid dienone is 2. The highest BCUT2D eigenvalue weighted by Crippen LogP contribution is 2.41. The maximum Gasteiger partial charge on any atom is 0.348 e. The zero-order valence-electron chi connectivity index (χ0n) is 14.1. The molecule has 0 aromatic rings. The van der Waals surface area contributed by atoms with Crippen LogP contribution in [0.2, 0.25) is 0 Å². The Bertz CT molecular complexity index is 731. The molecule has 128 valence electrons. The summed E-state index contributed by atoms with van der Waals surface area (Å²) in [5.41, 5.74) is -2.72. The van der Waals surface area contributed by atoms with Crippen LogP contribution in [0.3, 0.4) is 0 Å². The minimum absolute atomic E-state index is 0.323. The first-order valence-electron chi connectivity index (χ1n) is 7.19. The summed E-state index contributed by atoms with van der Waals surface area (Å²) in [5.74, 6) is -3.81. The van der Waals surface area contributed by atoms with Gasteiger partial charge in [-0.3, -0.25) is 4.79 Å². The van der Waals surface area contributed by atoms with Crippen molar-refractivity contribution in [3.8, 4) is 0 Å². The van der Waals surface area contributed by atoms with E-state index < -0.39 is 40.4 Å². The molecule has 2 aliphatic rings. The Morgan fingerprint density at radius 3 is 2.12 bits per heavy atom. The molecule has 0 fully saturated rings. The SMILES string of the molecule is COC(=O)C1=C(C(=O)OC)C2(C=CC(C(C)(C)C)=CC2=O)OC1=O. The molecule has 1 aliphatic carbocycles. The molecule has 0 N–H and O–H groups in total. The zero-order chi connectivity index (χ0) is 18.3. The van der Waals surface area contributed by atoms with Gasteiger partial charge in [0.05, 0.1) is 14.2 Å². The summed E-state index contributed by atoms with van der Waals surface area (Å²) >= 11 is 0. The molecule has 0 aromatic heterocycles. The average molecular weight is 334 g/mol. The summed E-state index contributed by atoms with van der Waals surface area (Å²) < 4.78 is 14.3. The summed E-state index contributed by atoms with van der Waals surface area (Å²) in [4.78, 5) is 48.8. The molecule has 0 saturated heterocycles. The molecule has 0 radical (unpaired) electrons. The fourth-order valence-electron chi connectivity index (χ4n) is 2.52. The van der Waals surface area contributed by atoms with Crippen LogP contribution in [0.5, 0.6) is 0 Å². The van der Waals surface area contributed by atoms with Crippen LogP contribution in [0.4, 0.5) is 0 Å². The van der Waals surface area contributed by atoms with E-state index in [1.165, 1.54) is 12.2 Å². The van der Waals surface area contributed by atoms with Gasteiger partial charge in [-0.05, 0) is 23.1 Å². The van der Waals surface area contributed by atoms with Gasteiger partial charge in [-0.25, -0.2) is 14.4 Å². The predicted molar refractivity (Wildman–Crippen MR) is 81.6 cm³/mol. The summed E-state index contributed by atoms with van der Waals surface area (Å²) in [5, 5.41) is 0. The highest BCUT2D eigenvalue weighted by atomic mass is 16.6. The first-order valence-corrected chi connectivity index (χ1v) is 7.19. The molecule has 0 amide bonds. The lowest BCUT2D eigenvalue weighted by atomic mass is 9.77. The van der Waals surface area contributed by atoms with Gasteiger partial charge >= 0.3 is 17.9 Å². The van der Waals surface area contributed by atoms with Gasteiger partial charge in [-0.1, -0.05) is 26.8 Å².